The van der Waals surface area contributed by atoms with Crippen molar-refractivity contribution in [1.29, 1.82) is 0 Å². The summed E-state index contributed by atoms with van der Waals surface area (Å²) in [7, 11) is 1.67. The monoisotopic (exact) mass is 235 g/mol. The van der Waals surface area contributed by atoms with Crippen LogP contribution in [0.1, 0.15) is 13.8 Å². The number of nitro groups is 1. The van der Waals surface area contributed by atoms with Gasteiger partial charge in [-0.15, -0.1) is 0 Å². The second-order valence-corrected chi connectivity index (χ2v) is 3.54. The van der Waals surface area contributed by atoms with E-state index in [-0.39, 0.29) is 11.5 Å². The van der Waals surface area contributed by atoms with Gasteiger partial charge in [-0.25, -0.2) is 0 Å². The molecule has 90 valence electrons. The Balaban J connectivity index is 2.90. The molecule has 0 unspecified atom stereocenters. The van der Waals surface area contributed by atoms with Crippen molar-refractivity contribution in [2.24, 2.45) is 5.10 Å². The first kappa shape index (κ1) is 12.8. The van der Waals surface area contributed by atoms with Gasteiger partial charge in [-0.3, -0.25) is 19.9 Å². The van der Waals surface area contributed by atoms with Crippen molar-refractivity contribution in [3.8, 4) is 0 Å². The molecule has 0 atom stereocenters. The highest BCUT2D eigenvalue weighted by Crippen LogP contribution is 2.18. The Hall–Kier alpha value is -2.24. The van der Waals surface area contributed by atoms with Crippen molar-refractivity contribution in [1.82, 2.24) is 0 Å². The lowest BCUT2D eigenvalue weighted by atomic mass is 10.3. The van der Waals surface area contributed by atoms with Crippen LogP contribution in [-0.2, 0) is 4.79 Å². The van der Waals surface area contributed by atoms with Crippen molar-refractivity contribution in [3.05, 3.63) is 34.4 Å². The number of Topliss-reactive ketones (excluding diaryl/α,β-unsaturated/α-hetero) is 1. The van der Waals surface area contributed by atoms with Gasteiger partial charge in [0.25, 0.3) is 5.69 Å². The summed E-state index contributed by atoms with van der Waals surface area (Å²) in [5, 5.41) is 16.0. The summed E-state index contributed by atoms with van der Waals surface area (Å²) in [6, 6.07) is 5.94. The van der Waals surface area contributed by atoms with Crippen LogP contribution in [-0.4, -0.2) is 23.5 Å². The van der Waals surface area contributed by atoms with Gasteiger partial charge >= 0.3 is 0 Å². The lowest BCUT2D eigenvalue weighted by molar-refractivity contribution is -0.384. The molecule has 0 amide bonds. The molecule has 0 fully saturated rings. The van der Waals surface area contributed by atoms with Crippen molar-refractivity contribution >= 4 is 22.9 Å². The Morgan fingerprint density at radius 1 is 1.29 bits per heavy atom. The molecule has 17 heavy (non-hydrogen) atoms. The van der Waals surface area contributed by atoms with Crippen molar-refractivity contribution in [2.75, 3.05) is 12.1 Å². The number of ketones is 1. The number of non-ortho nitro benzene ring substituents is 1. The summed E-state index contributed by atoms with van der Waals surface area (Å²) in [6.45, 7) is 3.05. The van der Waals surface area contributed by atoms with Crippen LogP contribution in [0, 0.1) is 10.1 Å². The highest BCUT2D eigenvalue weighted by molar-refractivity contribution is 6.38. The number of carbonyl (C=O) groups excluding carboxylic acids is 1. The molecule has 0 spiro atoms. The van der Waals surface area contributed by atoms with Crippen LogP contribution in [0.4, 0.5) is 11.4 Å². The van der Waals surface area contributed by atoms with Crippen molar-refractivity contribution < 1.29 is 9.72 Å². The molecule has 0 heterocycles. The fraction of sp³-hybridized carbons (Fsp3) is 0.273. The van der Waals surface area contributed by atoms with Gasteiger partial charge in [-0.05, 0) is 19.1 Å². The third kappa shape index (κ3) is 3.37. The molecule has 6 nitrogen and oxygen atoms in total. The predicted molar refractivity (Wildman–Crippen MR) is 65.3 cm³/mol. The molecular weight excluding hydrogens is 222 g/mol. The van der Waals surface area contributed by atoms with Crippen LogP contribution in [0.2, 0.25) is 0 Å². The summed E-state index contributed by atoms with van der Waals surface area (Å²) >= 11 is 0. The SMILES string of the molecule is CC(=O)/C(C)=N/N(C)c1ccc([N+](=O)[O-])cc1. The normalized spacial score (nSPS) is 11.1. The number of nitrogens with zero attached hydrogens (tertiary/aromatic N) is 3. The first-order chi connectivity index (χ1) is 7.91. The molecule has 0 saturated heterocycles. The van der Waals surface area contributed by atoms with Gasteiger partial charge in [0.15, 0.2) is 5.78 Å². The fourth-order valence-corrected chi connectivity index (χ4v) is 1.14. The van der Waals surface area contributed by atoms with Crippen LogP contribution in [0.25, 0.3) is 0 Å². The second kappa shape index (κ2) is 5.20. The van der Waals surface area contributed by atoms with E-state index >= 15 is 0 Å². The molecule has 0 aromatic heterocycles. The number of hydrogen-bond donors (Lipinski definition) is 0. The Labute approximate surface area is 98.7 Å². The highest BCUT2D eigenvalue weighted by Gasteiger charge is 2.07. The molecule has 0 aliphatic rings. The van der Waals surface area contributed by atoms with E-state index in [4.69, 9.17) is 0 Å². The Morgan fingerprint density at radius 3 is 2.24 bits per heavy atom. The van der Waals surface area contributed by atoms with Crippen LogP contribution >= 0.6 is 0 Å². The number of hydrazone groups is 1. The first-order valence-electron chi connectivity index (χ1n) is 4.96. The fourth-order valence-electron chi connectivity index (χ4n) is 1.14. The van der Waals surface area contributed by atoms with Crippen LogP contribution in [0.5, 0.6) is 0 Å². The van der Waals surface area contributed by atoms with Gasteiger partial charge in [0.05, 0.1) is 10.6 Å². The largest absolute Gasteiger partial charge is 0.293 e. The standard InChI is InChI=1S/C11H13N3O3/c1-8(9(2)15)12-13(3)10-4-6-11(7-5-10)14(16)17/h4-7H,1-3H3/b12-8+. The lowest BCUT2D eigenvalue weighted by Gasteiger charge is -2.13. The Morgan fingerprint density at radius 2 is 1.82 bits per heavy atom. The van der Waals surface area contributed by atoms with E-state index in [1.165, 1.54) is 24.1 Å². The summed E-state index contributed by atoms with van der Waals surface area (Å²) in [4.78, 5) is 21.0. The van der Waals surface area contributed by atoms with E-state index in [0.717, 1.165) is 0 Å². The van der Waals surface area contributed by atoms with Crippen molar-refractivity contribution in [2.45, 2.75) is 13.8 Å². The minimum atomic E-state index is -0.464. The van der Waals surface area contributed by atoms with E-state index in [1.807, 2.05) is 0 Å². The summed E-state index contributed by atoms with van der Waals surface area (Å²) in [5.41, 5.74) is 1.08. The molecule has 1 aromatic rings. The average Bonchev–Trinajstić information content (AvgIpc) is 2.28. The Kier molecular flexibility index (Phi) is 3.92. The van der Waals surface area contributed by atoms with Gasteiger partial charge in [-0.2, -0.15) is 5.10 Å². The van der Waals surface area contributed by atoms with Crippen LogP contribution in [0.15, 0.2) is 29.4 Å². The lowest BCUT2D eigenvalue weighted by Crippen LogP contribution is -2.15. The quantitative estimate of drug-likeness (QED) is 0.454. The molecule has 1 aromatic carbocycles. The van der Waals surface area contributed by atoms with E-state index in [9.17, 15) is 14.9 Å². The van der Waals surface area contributed by atoms with Crippen LogP contribution < -0.4 is 5.01 Å². The van der Waals surface area contributed by atoms with Crippen LogP contribution in [0.3, 0.4) is 0 Å². The topological polar surface area (TPSA) is 75.8 Å². The third-order valence-corrected chi connectivity index (χ3v) is 2.24. The maximum Gasteiger partial charge on any atom is 0.269 e. The summed E-state index contributed by atoms with van der Waals surface area (Å²) in [5.74, 6) is -0.112. The zero-order valence-electron chi connectivity index (χ0n) is 9.88. The minimum Gasteiger partial charge on any atom is -0.293 e. The molecule has 0 aliphatic carbocycles. The zero-order valence-corrected chi connectivity index (χ0v) is 9.88. The van der Waals surface area contributed by atoms with E-state index < -0.39 is 4.92 Å². The molecule has 0 aliphatic heterocycles. The molecule has 0 bridgehead atoms. The molecule has 1 rings (SSSR count). The van der Waals surface area contributed by atoms with Crippen molar-refractivity contribution in [3.63, 3.8) is 0 Å². The predicted octanol–water partition coefficient (Wildman–Crippen LogP) is 2.00. The molecule has 6 heteroatoms. The van der Waals surface area contributed by atoms with Gasteiger partial charge in [0, 0.05) is 26.1 Å². The van der Waals surface area contributed by atoms with Gasteiger partial charge in [0.2, 0.25) is 0 Å². The molecular formula is C11H13N3O3. The first-order valence-corrected chi connectivity index (χ1v) is 4.96. The Bertz CT molecular complexity index is 465. The number of carbonyl (C=O) groups is 1. The zero-order chi connectivity index (χ0) is 13.0. The molecule has 0 saturated carbocycles. The van der Waals surface area contributed by atoms with E-state index in [1.54, 1.807) is 26.1 Å². The van der Waals surface area contributed by atoms with Gasteiger partial charge in [0.1, 0.15) is 5.71 Å². The van der Waals surface area contributed by atoms with E-state index in [2.05, 4.69) is 5.10 Å². The second-order valence-electron chi connectivity index (χ2n) is 3.54. The minimum absolute atomic E-state index is 0.0226. The maximum atomic E-state index is 11.0. The number of hydrogen-bond acceptors (Lipinski definition) is 5. The third-order valence-electron chi connectivity index (χ3n) is 2.24. The maximum absolute atomic E-state index is 11.0. The highest BCUT2D eigenvalue weighted by atomic mass is 16.6. The molecule has 0 radical (unpaired) electrons. The smallest absolute Gasteiger partial charge is 0.269 e. The number of nitro benzene ring substituents is 1. The van der Waals surface area contributed by atoms with Gasteiger partial charge in [-0.1, -0.05) is 0 Å². The average molecular weight is 235 g/mol. The summed E-state index contributed by atoms with van der Waals surface area (Å²) < 4.78 is 0. The van der Waals surface area contributed by atoms with E-state index in [0.29, 0.717) is 11.4 Å². The summed E-state index contributed by atoms with van der Waals surface area (Å²) in [6.07, 6.45) is 0. The number of anilines is 1. The number of rotatable bonds is 4. The molecule has 0 N–H and O–H groups in total. The van der Waals surface area contributed by atoms with Gasteiger partial charge < -0.3 is 0 Å². The number of benzene rings is 1.